The van der Waals surface area contributed by atoms with Crippen molar-refractivity contribution in [3.05, 3.63) is 26.0 Å². The number of nitrogens with zero attached hydrogens (tertiary/aromatic N) is 2. The fourth-order valence-electron chi connectivity index (χ4n) is 1.24. The van der Waals surface area contributed by atoms with Crippen LogP contribution < -0.4 is 5.73 Å². The summed E-state index contributed by atoms with van der Waals surface area (Å²) in [5.41, 5.74) is 3.14. The molecule has 1 heterocycles. The smallest absolute Gasteiger partial charge is 0.348 e. The van der Waals surface area contributed by atoms with Gasteiger partial charge in [-0.15, -0.1) is 0 Å². The number of pyridine rings is 1. The second-order valence-electron chi connectivity index (χ2n) is 4.59. The molecule has 0 unspecified atom stereocenters. The number of esters is 1. The van der Waals surface area contributed by atoms with E-state index in [1.54, 1.807) is 20.8 Å². The predicted molar refractivity (Wildman–Crippen MR) is 70.5 cm³/mol. The maximum Gasteiger partial charge on any atom is 0.348 e. The SMILES string of the molecule is CC(C)(C)OC(=O)c1c(N)c(Cl)nc(Cl)c1[N+](=O)[O-]. The van der Waals surface area contributed by atoms with Crippen molar-refractivity contribution in [1.29, 1.82) is 0 Å². The average molecular weight is 308 g/mol. The van der Waals surface area contributed by atoms with Gasteiger partial charge in [0.25, 0.3) is 0 Å². The molecule has 0 atom stereocenters. The quantitative estimate of drug-likeness (QED) is 0.389. The third-order valence-corrected chi connectivity index (χ3v) is 2.46. The molecule has 0 aliphatic carbocycles. The van der Waals surface area contributed by atoms with Crippen LogP contribution in [0.5, 0.6) is 0 Å². The molecule has 0 spiro atoms. The monoisotopic (exact) mass is 307 g/mol. The van der Waals surface area contributed by atoms with Crippen LogP contribution >= 0.6 is 23.2 Å². The van der Waals surface area contributed by atoms with E-state index in [4.69, 9.17) is 33.7 Å². The number of hydrogen-bond donors (Lipinski definition) is 1. The van der Waals surface area contributed by atoms with E-state index < -0.39 is 32.9 Å². The first-order chi connectivity index (χ1) is 8.54. The van der Waals surface area contributed by atoms with Gasteiger partial charge in [-0.25, -0.2) is 9.78 Å². The molecule has 0 amide bonds. The van der Waals surface area contributed by atoms with Crippen molar-refractivity contribution in [2.45, 2.75) is 26.4 Å². The zero-order chi connectivity index (χ0) is 15.0. The Morgan fingerprint density at radius 2 is 1.89 bits per heavy atom. The van der Waals surface area contributed by atoms with Crippen molar-refractivity contribution in [3.63, 3.8) is 0 Å². The number of rotatable bonds is 2. The fraction of sp³-hybridized carbons (Fsp3) is 0.400. The van der Waals surface area contributed by atoms with Crippen molar-refractivity contribution >= 4 is 40.5 Å². The van der Waals surface area contributed by atoms with Crippen LogP contribution in [-0.4, -0.2) is 21.5 Å². The number of ether oxygens (including phenoxy) is 1. The molecule has 0 aliphatic heterocycles. The zero-order valence-electron chi connectivity index (χ0n) is 10.4. The standard InChI is InChI=1S/C10H11Cl2N3O4/c1-10(2,3)19-9(16)4-5(13)7(11)14-8(12)6(4)15(17)18/h13H2,1-3H3. The average Bonchev–Trinajstić information content (AvgIpc) is 2.19. The highest BCUT2D eigenvalue weighted by atomic mass is 35.5. The normalized spacial score (nSPS) is 11.2. The maximum absolute atomic E-state index is 12.0. The molecule has 0 saturated carbocycles. The lowest BCUT2D eigenvalue weighted by Gasteiger charge is -2.20. The van der Waals surface area contributed by atoms with Gasteiger partial charge >= 0.3 is 11.7 Å². The van der Waals surface area contributed by atoms with Crippen LogP contribution in [0.4, 0.5) is 11.4 Å². The van der Waals surface area contributed by atoms with Crippen LogP contribution in [0.15, 0.2) is 0 Å². The molecule has 0 fully saturated rings. The molecule has 2 N–H and O–H groups in total. The number of nitro groups is 1. The molecule has 1 aromatic rings. The minimum Gasteiger partial charge on any atom is -0.456 e. The van der Waals surface area contributed by atoms with Crippen LogP contribution in [0.3, 0.4) is 0 Å². The Morgan fingerprint density at radius 3 is 2.32 bits per heavy atom. The third-order valence-electron chi connectivity index (χ3n) is 1.91. The fourth-order valence-corrected chi connectivity index (χ4v) is 1.71. The predicted octanol–water partition coefficient (Wildman–Crippen LogP) is 2.83. The summed E-state index contributed by atoms with van der Waals surface area (Å²) < 4.78 is 5.04. The van der Waals surface area contributed by atoms with Gasteiger partial charge in [-0.05, 0) is 20.8 Å². The van der Waals surface area contributed by atoms with E-state index in [9.17, 15) is 14.9 Å². The molecule has 0 saturated heterocycles. The van der Waals surface area contributed by atoms with E-state index >= 15 is 0 Å². The summed E-state index contributed by atoms with van der Waals surface area (Å²) in [4.78, 5) is 25.5. The van der Waals surface area contributed by atoms with Crippen LogP contribution in [-0.2, 0) is 4.74 Å². The number of anilines is 1. The van der Waals surface area contributed by atoms with Crippen molar-refractivity contribution in [3.8, 4) is 0 Å². The van der Waals surface area contributed by atoms with E-state index in [-0.39, 0.29) is 10.8 Å². The van der Waals surface area contributed by atoms with E-state index in [0.717, 1.165) is 0 Å². The Bertz CT molecular complexity index is 555. The van der Waals surface area contributed by atoms with Gasteiger partial charge in [0.1, 0.15) is 5.60 Å². The summed E-state index contributed by atoms with van der Waals surface area (Å²) in [6, 6.07) is 0. The molecular formula is C10H11Cl2N3O4. The van der Waals surface area contributed by atoms with Gasteiger partial charge in [0.05, 0.1) is 10.6 Å². The van der Waals surface area contributed by atoms with Crippen molar-refractivity contribution in [1.82, 2.24) is 4.98 Å². The van der Waals surface area contributed by atoms with E-state index in [1.807, 2.05) is 0 Å². The molecule has 0 bridgehead atoms. The summed E-state index contributed by atoms with van der Waals surface area (Å²) in [6.45, 7) is 4.83. The van der Waals surface area contributed by atoms with Gasteiger partial charge in [0.15, 0.2) is 10.7 Å². The van der Waals surface area contributed by atoms with Crippen molar-refractivity contribution in [2.75, 3.05) is 5.73 Å². The Labute approximate surface area is 118 Å². The summed E-state index contributed by atoms with van der Waals surface area (Å²) in [5, 5.41) is 10.1. The minimum absolute atomic E-state index is 0.295. The number of aromatic nitrogens is 1. The summed E-state index contributed by atoms with van der Waals surface area (Å²) >= 11 is 11.3. The second-order valence-corrected chi connectivity index (χ2v) is 5.31. The van der Waals surface area contributed by atoms with Crippen molar-refractivity contribution < 1.29 is 14.5 Å². The molecule has 0 aromatic carbocycles. The molecule has 1 aromatic heterocycles. The lowest BCUT2D eigenvalue weighted by Crippen LogP contribution is -2.25. The number of carbonyl (C=O) groups is 1. The number of nitrogen functional groups attached to an aromatic ring is 1. The van der Waals surface area contributed by atoms with E-state index in [0.29, 0.717) is 0 Å². The van der Waals surface area contributed by atoms with Crippen LogP contribution in [0, 0.1) is 10.1 Å². The van der Waals surface area contributed by atoms with E-state index in [1.165, 1.54) is 0 Å². The Morgan fingerprint density at radius 1 is 1.37 bits per heavy atom. The van der Waals surface area contributed by atoms with Gasteiger partial charge in [-0.2, -0.15) is 0 Å². The Balaban J connectivity index is 3.48. The molecule has 0 radical (unpaired) electrons. The largest absolute Gasteiger partial charge is 0.456 e. The van der Waals surface area contributed by atoms with Gasteiger partial charge in [-0.3, -0.25) is 10.1 Å². The molecule has 19 heavy (non-hydrogen) atoms. The highest BCUT2D eigenvalue weighted by Gasteiger charge is 2.33. The van der Waals surface area contributed by atoms with Gasteiger partial charge in [0.2, 0.25) is 5.15 Å². The Kier molecular flexibility index (Phi) is 4.21. The lowest BCUT2D eigenvalue weighted by atomic mass is 10.1. The summed E-state index contributed by atoms with van der Waals surface area (Å²) in [6.07, 6.45) is 0. The first-order valence-corrected chi connectivity index (χ1v) is 5.82. The highest BCUT2D eigenvalue weighted by molar-refractivity contribution is 6.36. The number of halogens is 2. The molecular weight excluding hydrogens is 297 g/mol. The van der Waals surface area contributed by atoms with Gasteiger partial charge in [-0.1, -0.05) is 23.2 Å². The van der Waals surface area contributed by atoms with Crippen LogP contribution in [0.1, 0.15) is 31.1 Å². The first-order valence-electron chi connectivity index (χ1n) is 5.06. The van der Waals surface area contributed by atoms with Gasteiger partial charge in [0, 0.05) is 0 Å². The number of hydrogen-bond acceptors (Lipinski definition) is 6. The first kappa shape index (κ1) is 15.5. The molecule has 9 heteroatoms. The minimum atomic E-state index is -0.983. The Hall–Kier alpha value is -1.60. The van der Waals surface area contributed by atoms with E-state index in [2.05, 4.69) is 4.98 Å². The third kappa shape index (κ3) is 3.45. The summed E-state index contributed by atoms with van der Waals surface area (Å²) in [5.74, 6) is -0.983. The molecule has 1 rings (SSSR count). The topological polar surface area (TPSA) is 108 Å². The summed E-state index contributed by atoms with van der Waals surface area (Å²) in [7, 11) is 0. The molecule has 0 aliphatic rings. The molecule has 104 valence electrons. The highest BCUT2D eigenvalue weighted by Crippen LogP contribution is 2.36. The number of nitrogens with two attached hydrogens (primary N) is 1. The van der Waals surface area contributed by atoms with Crippen LogP contribution in [0.2, 0.25) is 10.3 Å². The van der Waals surface area contributed by atoms with Gasteiger partial charge < -0.3 is 10.5 Å². The number of carbonyl (C=O) groups excluding carboxylic acids is 1. The van der Waals surface area contributed by atoms with Crippen LogP contribution in [0.25, 0.3) is 0 Å². The lowest BCUT2D eigenvalue weighted by molar-refractivity contribution is -0.385. The zero-order valence-corrected chi connectivity index (χ0v) is 11.9. The second kappa shape index (κ2) is 5.18. The molecule has 7 nitrogen and oxygen atoms in total. The maximum atomic E-state index is 12.0. The van der Waals surface area contributed by atoms with Crippen molar-refractivity contribution in [2.24, 2.45) is 0 Å².